The number of amides is 4. The summed E-state index contributed by atoms with van der Waals surface area (Å²) >= 11 is 0. The highest BCUT2D eigenvalue weighted by Gasteiger charge is 2.30. The fourth-order valence-electron chi connectivity index (χ4n) is 9.73. The zero-order valence-corrected chi connectivity index (χ0v) is 37.1. The van der Waals surface area contributed by atoms with Gasteiger partial charge < -0.3 is 24.6 Å². The van der Waals surface area contributed by atoms with Crippen LogP contribution in [0.5, 0.6) is 0 Å². The van der Waals surface area contributed by atoms with Crippen molar-refractivity contribution < 1.29 is 18.9 Å². The first-order valence-electron chi connectivity index (χ1n) is 22.6. The first-order chi connectivity index (χ1) is 30.4. The molecule has 0 unspecified atom stereocenters. The van der Waals surface area contributed by atoms with Gasteiger partial charge in [-0.1, -0.05) is 44.1 Å². The largest absolute Gasteiger partial charge is 0.372 e. The van der Waals surface area contributed by atoms with Crippen LogP contribution in [0, 0.1) is 12.8 Å². The van der Waals surface area contributed by atoms with Crippen LogP contribution >= 0.6 is 0 Å². The van der Waals surface area contributed by atoms with Gasteiger partial charge in [-0.2, -0.15) is 4.98 Å². The van der Waals surface area contributed by atoms with Gasteiger partial charge in [0, 0.05) is 85.2 Å². The summed E-state index contributed by atoms with van der Waals surface area (Å²) in [5, 5.41) is 10.4. The van der Waals surface area contributed by atoms with E-state index in [-0.39, 0.29) is 29.3 Å². The van der Waals surface area contributed by atoms with Gasteiger partial charge in [0.2, 0.25) is 5.91 Å². The van der Waals surface area contributed by atoms with Crippen LogP contribution in [-0.4, -0.2) is 111 Å². The normalized spacial score (nSPS) is 19.3. The predicted octanol–water partition coefficient (Wildman–Crippen LogP) is 7.02. The van der Waals surface area contributed by atoms with Crippen molar-refractivity contribution in [2.24, 2.45) is 5.92 Å². The third-order valence-electron chi connectivity index (χ3n) is 13.4. The van der Waals surface area contributed by atoms with Gasteiger partial charge in [-0.3, -0.25) is 24.7 Å². The number of imide groups is 1. The van der Waals surface area contributed by atoms with E-state index in [1.54, 1.807) is 11.2 Å². The molecule has 0 aliphatic carbocycles. The minimum absolute atomic E-state index is 0.0374. The summed E-state index contributed by atoms with van der Waals surface area (Å²) in [6.45, 7) is 17.9. The molecule has 3 N–H and O–H groups in total. The highest BCUT2D eigenvalue weighted by atomic mass is 16.5. The summed E-state index contributed by atoms with van der Waals surface area (Å²) in [5.41, 5.74) is 8.87. The van der Waals surface area contributed by atoms with E-state index in [0.29, 0.717) is 30.7 Å². The molecule has 0 spiro atoms. The molecule has 15 heteroatoms. The fraction of sp³-hybridized carbons (Fsp3) is 0.479. The van der Waals surface area contributed by atoms with Gasteiger partial charge in [0.05, 0.1) is 11.7 Å². The Morgan fingerprint density at radius 1 is 0.921 bits per heavy atom. The lowest BCUT2D eigenvalue weighted by atomic mass is 9.93. The average Bonchev–Trinajstić information content (AvgIpc) is 3.97. The monoisotopic (exact) mass is 853 g/mol. The second-order valence-corrected chi connectivity index (χ2v) is 18.8. The van der Waals surface area contributed by atoms with Gasteiger partial charge in [0.25, 0.3) is 0 Å². The van der Waals surface area contributed by atoms with Crippen LogP contribution in [-0.2, 0) is 10.2 Å². The van der Waals surface area contributed by atoms with E-state index in [1.165, 1.54) is 43.5 Å². The molecule has 4 aliphatic heterocycles. The number of likely N-dealkylation sites (tertiary alicyclic amines) is 1. The van der Waals surface area contributed by atoms with Gasteiger partial charge in [-0.25, -0.2) is 14.8 Å². The minimum atomic E-state index is -0.397. The van der Waals surface area contributed by atoms with Gasteiger partial charge in [-0.05, 0) is 118 Å². The number of anilines is 2. The topological polar surface area (TPSA) is 169 Å². The smallest absolute Gasteiger partial charge is 0.328 e. The molecule has 15 nitrogen and oxygen atoms in total. The number of benzene rings is 2. The van der Waals surface area contributed by atoms with E-state index in [4.69, 9.17) is 9.51 Å². The number of aromatic amines is 1. The molecule has 2 aromatic carbocycles. The number of piperidine rings is 2. The Morgan fingerprint density at radius 2 is 1.68 bits per heavy atom. The van der Waals surface area contributed by atoms with E-state index in [1.807, 2.05) is 45.9 Å². The maximum Gasteiger partial charge on any atom is 0.328 e. The molecule has 7 heterocycles. The summed E-state index contributed by atoms with van der Waals surface area (Å²) in [4.78, 5) is 63.5. The van der Waals surface area contributed by atoms with Crippen LogP contribution in [0.15, 0.2) is 65.5 Å². The van der Waals surface area contributed by atoms with Crippen LogP contribution in [0.3, 0.4) is 0 Å². The number of aromatic nitrogens is 5. The van der Waals surface area contributed by atoms with Crippen molar-refractivity contribution in [1.29, 1.82) is 0 Å². The SMILES string of the molecule is Cc1cc(-c2ncnc3[nH]c(C4=CCN(C5CCN(CC6CCN(c7ccc(N8CCC(=O)NC8=O)cc7)CC6)CC5)CC4)cc23)ccc1[C@@H](C)NC(=O)c1nc(C(C)(C)C)no1. The number of carbonyl (C=O) groups is 3. The highest BCUT2D eigenvalue weighted by molar-refractivity contribution is 6.05. The Bertz CT molecular complexity index is 2500. The summed E-state index contributed by atoms with van der Waals surface area (Å²) < 4.78 is 5.26. The molecule has 330 valence electrons. The van der Waals surface area contributed by atoms with Crippen molar-refractivity contribution in [3.05, 3.63) is 89.5 Å². The van der Waals surface area contributed by atoms with E-state index < -0.39 is 5.91 Å². The summed E-state index contributed by atoms with van der Waals surface area (Å²) in [7, 11) is 0. The summed E-state index contributed by atoms with van der Waals surface area (Å²) in [6, 6.07) is 16.6. The molecule has 3 fully saturated rings. The Labute approximate surface area is 368 Å². The van der Waals surface area contributed by atoms with Gasteiger partial charge in [0.15, 0.2) is 5.82 Å². The summed E-state index contributed by atoms with van der Waals surface area (Å²) in [6.07, 6.45) is 10.1. The number of hydrogen-bond donors (Lipinski definition) is 3. The van der Waals surface area contributed by atoms with Gasteiger partial charge >= 0.3 is 17.8 Å². The number of rotatable bonds is 10. The Morgan fingerprint density at radius 3 is 2.37 bits per heavy atom. The Kier molecular flexibility index (Phi) is 11.9. The minimum Gasteiger partial charge on any atom is -0.372 e. The van der Waals surface area contributed by atoms with Crippen LogP contribution in [0.4, 0.5) is 16.2 Å². The molecule has 0 saturated carbocycles. The Hall–Kier alpha value is -5.93. The van der Waals surface area contributed by atoms with Crippen molar-refractivity contribution in [2.75, 3.05) is 62.2 Å². The first-order valence-corrected chi connectivity index (χ1v) is 22.6. The van der Waals surface area contributed by atoms with Crippen molar-refractivity contribution >= 4 is 45.8 Å². The van der Waals surface area contributed by atoms with Crippen LogP contribution < -0.4 is 20.4 Å². The molecule has 3 saturated heterocycles. The number of hydrogen-bond acceptors (Lipinski definition) is 11. The van der Waals surface area contributed by atoms with Crippen molar-refractivity contribution in [2.45, 2.75) is 90.6 Å². The zero-order valence-electron chi connectivity index (χ0n) is 37.1. The van der Waals surface area contributed by atoms with Gasteiger partial charge in [-0.15, -0.1) is 0 Å². The first kappa shape index (κ1) is 42.4. The lowest BCUT2D eigenvalue weighted by Crippen LogP contribution is -2.49. The van der Waals surface area contributed by atoms with E-state index in [9.17, 15) is 14.4 Å². The van der Waals surface area contributed by atoms with Gasteiger partial charge in [0.1, 0.15) is 12.0 Å². The second kappa shape index (κ2) is 17.7. The highest BCUT2D eigenvalue weighted by Crippen LogP contribution is 2.34. The van der Waals surface area contributed by atoms with Crippen LogP contribution in [0.1, 0.15) is 106 Å². The lowest BCUT2D eigenvalue weighted by molar-refractivity contribution is -0.120. The van der Waals surface area contributed by atoms with Crippen molar-refractivity contribution in [3.8, 4) is 11.3 Å². The average molecular weight is 854 g/mol. The number of nitrogens with one attached hydrogen (secondary N) is 3. The molecule has 9 rings (SSSR count). The van der Waals surface area contributed by atoms with E-state index in [2.05, 4.69) is 88.8 Å². The molecular weight excluding hydrogens is 795 g/mol. The lowest BCUT2D eigenvalue weighted by Gasteiger charge is -2.41. The van der Waals surface area contributed by atoms with Crippen molar-refractivity contribution in [3.63, 3.8) is 0 Å². The molecule has 3 aromatic heterocycles. The van der Waals surface area contributed by atoms with Crippen molar-refractivity contribution in [1.82, 2.24) is 45.5 Å². The third kappa shape index (κ3) is 9.26. The molecule has 1 atom stereocenters. The summed E-state index contributed by atoms with van der Waals surface area (Å²) in [5.74, 6) is 0.563. The third-order valence-corrected chi connectivity index (χ3v) is 13.4. The number of carbonyl (C=O) groups excluding carboxylic acids is 3. The quantitative estimate of drug-likeness (QED) is 0.132. The molecular formula is C48H59N11O4. The number of fused-ring (bicyclic) bond motifs is 1. The number of aryl methyl sites for hydroxylation is 1. The molecule has 63 heavy (non-hydrogen) atoms. The zero-order chi connectivity index (χ0) is 43.8. The Balaban J connectivity index is 0.749. The molecule has 4 amide bonds. The van der Waals surface area contributed by atoms with E-state index in [0.717, 1.165) is 90.5 Å². The maximum absolute atomic E-state index is 13.0. The number of H-pyrrole nitrogens is 1. The molecule has 5 aromatic rings. The molecule has 4 aliphatic rings. The molecule has 0 radical (unpaired) electrons. The molecule has 0 bridgehead atoms. The van der Waals surface area contributed by atoms with E-state index >= 15 is 0 Å². The second-order valence-electron chi connectivity index (χ2n) is 18.8. The number of nitrogens with zero attached hydrogens (tertiary/aromatic N) is 8. The van der Waals surface area contributed by atoms with Crippen LogP contribution in [0.25, 0.3) is 27.9 Å². The fourth-order valence-corrected chi connectivity index (χ4v) is 9.73. The van der Waals surface area contributed by atoms with Crippen LogP contribution in [0.2, 0.25) is 0 Å². The standard InChI is InChI=1S/C48H59N11O4/c1-30-26-34(6-11-38(30)31(2)51-44(61)45-54-46(55-63-45)48(3,4)5)42-39-27-40(52-43(39)50-29-49-42)33-14-23-58(24-15-33)36-16-19-56(20-17-36)28-32-12-21-57(22-13-32)35-7-9-37(10-8-35)59-25-18-41(60)53-47(59)62/h6-11,14,26-27,29,31-32,36H,12-13,15-25,28H2,1-5H3,(H,51,61)(H,49,50,52)(H,53,60,62)/t31-/m1/s1. The maximum atomic E-state index is 13.0. The number of urea groups is 1. The predicted molar refractivity (Wildman–Crippen MR) is 243 cm³/mol.